The van der Waals surface area contributed by atoms with Crippen LogP contribution in [-0.2, 0) is 0 Å². The average molecular weight is 300 g/mol. The quantitative estimate of drug-likeness (QED) is 0.687. The van der Waals surface area contributed by atoms with Crippen molar-refractivity contribution in [1.29, 1.82) is 0 Å². The van der Waals surface area contributed by atoms with Gasteiger partial charge in [-0.1, -0.05) is 34.8 Å². The van der Waals surface area contributed by atoms with Gasteiger partial charge in [-0.05, 0) is 24.3 Å². The van der Waals surface area contributed by atoms with Crippen LogP contribution in [0.25, 0.3) is 16.6 Å². The van der Waals surface area contributed by atoms with Crippen molar-refractivity contribution in [3.63, 3.8) is 0 Å². The van der Waals surface area contributed by atoms with E-state index in [1.165, 1.54) is 0 Å². The molecule has 0 radical (unpaired) electrons. The van der Waals surface area contributed by atoms with Crippen molar-refractivity contribution < 1.29 is 0 Å². The van der Waals surface area contributed by atoms with Gasteiger partial charge in [0.15, 0.2) is 10.3 Å². The molecule has 0 aliphatic rings. The summed E-state index contributed by atoms with van der Waals surface area (Å²) in [6, 6.07) is 7.25. The molecular weight excluding hydrogens is 295 g/mol. The maximum absolute atomic E-state index is 5.95. The maximum Gasteiger partial charge on any atom is 0.179 e. The topological polar surface area (TPSA) is 43.6 Å². The van der Waals surface area contributed by atoms with Gasteiger partial charge in [0.1, 0.15) is 5.52 Å². The van der Waals surface area contributed by atoms with Crippen molar-refractivity contribution >= 4 is 45.7 Å². The fourth-order valence-electron chi connectivity index (χ4n) is 1.59. The second kappa shape index (κ2) is 4.39. The molecule has 0 spiro atoms. The van der Waals surface area contributed by atoms with Crippen LogP contribution in [0.1, 0.15) is 0 Å². The minimum atomic E-state index is 0.224. The van der Waals surface area contributed by atoms with Gasteiger partial charge in [0.05, 0.1) is 11.1 Å². The first-order valence-corrected chi connectivity index (χ1v) is 6.11. The lowest BCUT2D eigenvalue weighted by Crippen LogP contribution is -1.93. The van der Waals surface area contributed by atoms with Crippen molar-refractivity contribution in [2.24, 2.45) is 0 Å². The molecular formula is C11H5Cl3N4. The fourth-order valence-corrected chi connectivity index (χ4v) is 2.07. The van der Waals surface area contributed by atoms with Gasteiger partial charge in [-0.15, -0.1) is 10.2 Å². The molecule has 3 rings (SSSR count). The number of hydrogen-bond donors (Lipinski definition) is 0. The molecule has 0 bridgehead atoms. The number of halogens is 3. The van der Waals surface area contributed by atoms with Crippen molar-refractivity contribution in [3.05, 3.63) is 45.8 Å². The summed E-state index contributed by atoms with van der Waals surface area (Å²) in [5.41, 5.74) is 1.37. The molecule has 0 aliphatic heterocycles. The molecule has 2 aromatic heterocycles. The van der Waals surface area contributed by atoms with E-state index in [1.54, 1.807) is 23.0 Å². The van der Waals surface area contributed by atoms with Crippen LogP contribution in [0.2, 0.25) is 15.3 Å². The van der Waals surface area contributed by atoms with Crippen molar-refractivity contribution in [1.82, 2.24) is 20.0 Å². The van der Waals surface area contributed by atoms with Crippen LogP contribution in [-0.4, -0.2) is 20.0 Å². The number of benzene rings is 1. The molecule has 3 aromatic rings. The van der Waals surface area contributed by atoms with Crippen LogP contribution in [0, 0.1) is 0 Å². The highest BCUT2D eigenvalue weighted by atomic mass is 35.5. The van der Waals surface area contributed by atoms with Gasteiger partial charge in [-0.25, -0.2) is 4.68 Å². The van der Waals surface area contributed by atoms with Crippen molar-refractivity contribution in [2.45, 2.75) is 0 Å². The normalized spacial score (nSPS) is 11.1. The SMILES string of the molecule is Clc1ccc(-n2cc3c(Cl)nnc(Cl)c3n2)cc1. The third-order valence-corrected chi connectivity index (χ3v) is 3.23. The maximum atomic E-state index is 5.95. The summed E-state index contributed by atoms with van der Waals surface area (Å²) < 4.78 is 1.65. The molecule has 0 atom stereocenters. The summed E-state index contributed by atoms with van der Waals surface area (Å²) in [6.45, 7) is 0. The highest BCUT2D eigenvalue weighted by molar-refractivity contribution is 6.37. The minimum Gasteiger partial charge on any atom is -0.240 e. The highest BCUT2D eigenvalue weighted by Gasteiger charge is 2.11. The summed E-state index contributed by atoms with van der Waals surface area (Å²) in [5, 5.41) is 13.6. The van der Waals surface area contributed by atoms with E-state index in [4.69, 9.17) is 34.8 Å². The molecule has 0 fully saturated rings. The first-order chi connectivity index (χ1) is 8.65. The number of aromatic nitrogens is 4. The summed E-state index contributed by atoms with van der Waals surface area (Å²) in [5.74, 6) is 0. The van der Waals surface area contributed by atoms with E-state index in [1.807, 2.05) is 12.1 Å². The summed E-state index contributed by atoms with van der Waals surface area (Å²) in [7, 11) is 0. The fraction of sp³-hybridized carbons (Fsp3) is 0. The van der Waals surface area contributed by atoms with Gasteiger partial charge in [-0.3, -0.25) is 0 Å². The largest absolute Gasteiger partial charge is 0.240 e. The number of fused-ring (bicyclic) bond motifs is 1. The Bertz CT molecular complexity index is 682. The number of rotatable bonds is 1. The molecule has 7 heteroatoms. The van der Waals surface area contributed by atoms with Crippen molar-refractivity contribution in [2.75, 3.05) is 0 Å². The molecule has 0 aliphatic carbocycles. The van der Waals surface area contributed by atoms with Gasteiger partial charge >= 0.3 is 0 Å². The molecule has 0 amide bonds. The molecule has 0 unspecified atom stereocenters. The Morgan fingerprint density at radius 3 is 2.22 bits per heavy atom. The summed E-state index contributed by atoms with van der Waals surface area (Å²) in [4.78, 5) is 0. The van der Waals surface area contributed by atoms with Crippen LogP contribution in [0.15, 0.2) is 30.5 Å². The predicted octanol–water partition coefficient (Wildman–Crippen LogP) is 3.78. The van der Waals surface area contributed by atoms with E-state index >= 15 is 0 Å². The van der Waals surface area contributed by atoms with Crippen LogP contribution < -0.4 is 0 Å². The van der Waals surface area contributed by atoms with Crippen LogP contribution in [0.4, 0.5) is 0 Å². The molecule has 90 valence electrons. The summed E-state index contributed by atoms with van der Waals surface area (Å²) in [6.07, 6.45) is 1.75. The first kappa shape index (κ1) is 11.7. The number of hydrogen-bond acceptors (Lipinski definition) is 3. The van der Waals surface area contributed by atoms with Crippen LogP contribution in [0.5, 0.6) is 0 Å². The third kappa shape index (κ3) is 1.92. The zero-order valence-electron chi connectivity index (χ0n) is 8.81. The first-order valence-electron chi connectivity index (χ1n) is 4.98. The smallest absolute Gasteiger partial charge is 0.179 e. The molecule has 0 saturated heterocycles. The Hall–Kier alpha value is -1.36. The summed E-state index contributed by atoms with van der Waals surface area (Å²) >= 11 is 17.7. The Kier molecular flexibility index (Phi) is 2.86. The van der Waals surface area contributed by atoms with E-state index < -0.39 is 0 Å². The Balaban J connectivity index is 2.22. The lowest BCUT2D eigenvalue weighted by molar-refractivity contribution is 0.895. The minimum absolute atomic E-state index is 0.224. The monoisotopic (exact) mass is 298 g/mol. The van der Waals surface area contributed by atoms with Crippen LogP contribution in [0.3, 0.4) is 0 Å². The molecule has 0 saturated carbocycles. The van der Waals surface area contributed by atoms with E-state index in [2.05, 4.69) is 15.3 Å². The zero-order chi connectivity index (χ0) is 12.7. The Morgan fingerprint density at radius 1 is 0.889 bits per heavy atom. The third-order valence-electron chi connectivity index (χ3n) is 2.45. The van der Waals surface area contributed by atoms with Crippen molar-refractivity contribution in [3.8, 4) is 5.69 Å². The highest BCUT2D eigenvalue weighted by Crippen LogP contribution is 2.26. The second-order valence-electron chi connectivity index (χ2n) is 3.59. The van der Waals surface area contributed by atoms with E-state index in [9.17, 15) is 0 Å². The second-order valence-corrected chi connectivity index (χ2v) is 4.75. The van der Waals surface area contributed by atoms with E-state index in [-0.39, 0.29) is 10.3 Å². The average Bonchev–Trinajstić information content (AvgIpc) is 2.81. The van der Waals surface area contributed by atoms with Gasteiger partial charge in [0, 0.05) is 11.2 Å². The van der Waals surface area contributed by atoms with E-state index in [0.717, 1.165) is 5.69 Å². The predicted molar refractivity (Wildman–Crippen MR) is 71.7 cm³/mol. The zero-order valence-corrected chi connectivity index (χ0v) is 11.1. The molecule has 2 heterocycles. The standard InChI is InChI=1S/C11H5Cl3N4/c12-6-1-3-7(4-2-6)18-5-8-9(17-18)11(14)16-15-10(8)13/h1-5H. The number of nitrogens with zero attached hydrogens (tertiary/aromatic N) is 4. The van der Waals surface area contributed by atoms with E-state index in [0.29, 0.717) is 15.9 Å². The Labute approximate surface area is 117 Å². The van der Waals surface area contributed by atoms with Crippen LogP contribution >= 0.6 is 34.8 Å². The lowest BCUT2D eigenvalue weighted by Gasteiger charge is -1.99. The molecule has 18 heavy (non-hydrogen) atoms. The van der Waals surface area contributed by atoms with Gasteiger partial charge < -0.3 is 0 Å². The molecule has 0 N–H and O–H groups in total. The van der Waals surface area contributed by atoms with Gasteiger partial charge in [-0.2, -0.15) is 5.10 Å². The molecule has 4 nitrogen and oxygen atoms in total. The Morgan fingerprint density at radius 2 is 1.56 bits per heavy atom. The molecule has 1 aromatic carbocycles. The lowest BCUT2D eigenvalue weighted by atomic mass is 10.3. The van der Waals surface area contributed by atoms with Gasteiger partial charge in [0.2, 0.25) is 0 Å². The van der Waals surface area contributed by atoms with Gasteiger partial charge in [0.25, 0.3) is 0 Å².